The van der Waals surface area contributed by atoms with Crippen LogP contribution in [0.4, 0.5) is 5.82 Å². The normalized spacial score (nSPS) is 11.9. The van der Waals surface area contributed by atoms with Crippen LogP contribution in [-0.4, -0.2) is 20.7 Å². The zero-order valence-corrected chi connectivity index (χ0v) is 15.5. The third kappa shape index (κ3) is 3.19. The molecule has 0 saturated heterocycles. The van der Waals surface area contributed by atoms with Gasteiger partial charge < -0.3 is 5.32 Å². The van der Waals surface area contributed by atoms with Gasteiger partial charge in [-0.05, 0) is 30.0 Å². The number of benzene rings is 1. The summed E-state index contributed by atoms with van der Waals surface area (Å²) in [6.07, 6.45) is 0.430. The number of amides is 1. The van der Waals surface area contributed by atoms with E-state index in [0.29, 0.717) is 12.2 Å². The highest BCUT2D eigenvalue weighted by Crippen LogP contribution is 2.31. The summed E-state index contributed by atoms with van der Waals surface area (Å²) in [6, 6.07) is 8.23. The third-order valence-corrected chi connectivity index (χ3v) is 4.84. The Morgan fingerprint density at radius 1 is 1.29 bits per heavy atom. The van der Waals surface area contributed by atoms with Crippen LogP contribution >= 0.6 is 11.3 Å². The molecule has 1 amide bonds. The predicted octanol–water partition coefficient (Wildman–Crippen LogP) is 4.44. The summed E-state index contributed by atoms with van der Waals surface area (Å²) in [5.41, 5.74) is 3.17. The van der Waals surface area contributed by atoms with Crippen LogP contribution in [-0.2, 0) is 10.2 Å². The van der Waals surface area contributed by atoms with Gasteiger partial charge in [-0.25, -0.2) is 4.98 Å². The summed E-state index contributed by atoms with van der Waals surface area (Å²) in [5.74, 6) is 0.627. The molecular weight excluding hydrogens is 320 g/mol. The van der Waals surface area contributed by atoms with E-state index in [1.54, 1.807) is 16.0 Å². The SMILES string of the molecule is CCC(=O)Nc1cc(C)nn1-c1nc2ccc(C(C)(C)C)cc2s1. The number of hydrogen-bond acceptors (Lipinski definition) is 4. The molecule has 3 rings (SSSR count). The molecule has 0 atom stereocenters. The van der Waals surface area contributed by atoms with E-state index in [-0.39, 0.29) is 11.3 Å². The first-order valence-corrected chi connectivity index (χ1v) is 8.87. The Hall–Kier alpha value is -2.21. The van der Waals surface area contributed by atoms with Gasteiger partial charge in [0.1, 0.15) is 5.82 Å². The minimum atomic E-state index is -0.0349. The Bertz CT molecular complexity index is 902. The number of aryl methyl sites for hydroxylation is 1. The first-order chi connectivity index (χ1) is 11.3. The minimum Gasteiger partial charge on any atom is -0.311 e. The minimum absolute atomic E-state index is 0.0349. The maximum atomic E-state index is 11.7. The number of fused-ring (bicyclic) bond motifs is 1. The van der Waals surface area contributed by atoms with E-state index in [1.165, 1.54) is 5.56 Å². The molecule has 0 fully saturated rings. The van der Waals surface area contributed by atoms with E-state index in [0.717, 1.165) is 21.0 Å². The second kappa shape index (κ2) is 6.02. The molecule has 24 heavy (non-hydrogen) atoms. The van der Waals surface area contributed by atoms with Crippen LogP contribution in [0.15, 0.2) is 24.3 Å². The largest absolute Gasteiger partial charge is 0.311 e. The van der Waals surface area contributed by atoms with Crippen LogP contribution in [0.1, 0.15) is 45.4 Å². The fourth-order valence-corrected chi connectivity index (χ4v) is 3.41. The first kappa shape index (κ1) is 16.6. The second-order valence-electron chi connectivity index (χ2n) is 6.91. The zero-order chi connectivity index (χ0) is 17.5. The highest BCUT2D eigenvalue weighted by molar-refractivity contribution is 7.20. The molecule has 0 aliphatic carbocycles. The molecule has 6 heteroatoms. The average molecular weight is 342 g/mol. The van der Waals surface area contributed by atoms with Crippen molar-refractivity contribution in [3.63, 3.8) is 0 Å². The molecule has 0 spiro atoms. The molecule has 1 N–H and O–H groups in total. The lowest BCUT2D eigenvalue weighted by molar-refractivity contribution is -0.115. The Kier molecular flexibility index (Phi) is 4.17. The van der Waals surface area contributed by atoms with Crippen LogP contribution in [0.2, 0.25) is 0 Å². The van der Waals surface area contributed by atoms with Crippen LogP contribution in [0.25, 0.3) is 15.3 Å². The van der Waals surface area contributed by atoms with E-state index in [1.807, 2.05) is 19.9 Å². The van der Waals surface area contributed by atoms with Crippen molar-refractivity contribution in [2.75, 3.05) is 5.32 Å². The Morgan fingerprint density at radius 2 is 2.04 bits per heavy atom. The quantitative estimate of drug-likeness (QED) is 0.765. The molecule has 0 bridgehead atoms. The van der Waals surface area contributed by atoms with Gasteiger partial charge in [-0.2, -0.15) is 9.78 Å². The molecule has 3 aromatic rings. The van der Waals surface area contributed by atoms with Gasteiger partial charge >= 0.3 is 0 Å². The lowest BCUT2D eigenvalue weighted by atomic mass is 9.87. The molecule has 0 aliphatic heterocycles. The topological polar surface area (TPSA) is 59.8 Å². The van der Waals surface area contributed by atoms with Gasteiger partial charge in [0.2, 0.25) is 11.0 Å². The molecule has 5 nitrogen and oxygen atoms in total. The number of carbonyl (C=O) groups excluding carboxylic acids is 1. The van der Waals surface area contributed by atoms with Gasteiger partial charge in [-0.1, -0.05) is 45.1 Å². The van der Waals surface area contributed by atoms with Gasteiger partial charge in [-0.15, -0.1) is 0 Å². The number of anilines is 1. The van der Waals surface area contributed by atoms with Crippen molar-refractivity contribution >= 4 is 33.3 Å². The monoisotopic (exact) mass is 342 g/mol. The van der Waals surface area contributed by atoms with Crippen LogP contribution in [0, 0.1) is 6.92 Å². The van der Waals surface area contributed by atoms with Gasteiger partial charge in [0, 0.05) is 12.5 Å². The highest BCUT2D eigenvalue weighted by Gasteiger charge is 2.17. The molecule has 0 radical (unpaired) electrons. The van der Waals surface area contributed by atoms with E-state index in [9.17, 15) is 4.79 Å². The maximum absolute atomic E-state index is 11.7. The highest BCUT2D eigenvalue weighted by atomic mass is 32.1. The summed E-state index contributed by atoms with van der Waals surface area (Å²) in [7, 11) is 0. The van der Waals surface area contributed by atoms with Crippen LogP contribution in [0.3, 0.4) is 0 Å². The van der Waals surface area contributed by atoms with Crippen molar-refractivity contribution in [1.29, 1.82) is 0 Å². The first-order valence-electron chi connectivity index (χ1n) is 8.06. The van der Waals surface area contributed by atoms with Gasteiger partial charge in [-0.3, -0.25) is 4.79 Å². The molecular formula is C18H22N4OS. The average Bonchev–Trinajstić information content (AvgIpc) is 3.08. The van der Waals surface area contributed by atoms with Gasteiger partial charge in [0.15, 0.2) is 0 Å². The zero-order valence-electron chi connectivity index (χ0n) is 14.7. The third-order valence-electron chi connectivity index (χ3n) is 3.84. The fourth-order valence-electron chi connectivity index (χ4n) is 2.44. The van der Waals surface area contributed by atoms with Crippen molar-refractivity contribution in [1.82, 2.24) is 14.8 Å². The molecule has 0 unspecified atom stereocenters. The van der Waals surface area contributed by atoms with E-state index < -0.39 is 0 Å². The smallest absolute Gasteiger partial charge is 0.225 e. The second-order valence-corrected chi connectivity index (χ2v) is 7.92. The number of nitrogens with zero attached hydrogens (tertiary/aromatic N) is 3. The molecule has 126 valence electrons. The summed E-state index contributed by atoms with van der Waals surface area (Å²) >= 11 is 1.58. The number of aromatic nitrogens is 3. The van der Waals surface area contributed by atoms with E-state index in [4.69, 9.17) is 0 Å². The van der Waals surface area contributed by atoms with Gasteiger partial charge in [0.25, 0.3) is 0 Å². The van der Waals surface area contributed by atoms with Crippen LogP contribution in [0.5, 0.6) is 0 Å². The van der Waals surface area contributed by atoms with Crippen molar-refractivity contribution in [3.05, 3.63) is 35.5 Å². The summed E-state index contributed by atoms with van der Waals surface area (Å²) in [4.78, 5) is 16.4. The van der Waals surface area contributed by atoms with Crippen molar-refractivity contribution < 1.29 is 4.79 Å². The fraction of sp³-hybridized carbons (Fsp3) is 0.389. The van der Waals surface area contributed by atoms with E-state index >= 15 is 0 Å². The van der Waals surface area contributed by atoms with E-state index in [2.05, 4.69) is 54.4 Å². The molecule has 0 aliphatic rings. The summed E-state index contributed by atoms with van der Waals surface area (Å²) in [5, 5.41) is 8.13. The molecule has 2 heterocycles. The van der Waals surface area contributed by atoms with Crippen molar-refractivity contribution in [2.24, 2.45) is 0 Å². The van der Waals surface area contributed by atoms with Crippen molar-refractivity contribution in [3.8, 4) is 5.13 Å². The Labute approximate surface area is 145 Å². The molecule has 0 saturated carbocycles. The molecule has 1 aromatic carbocycles. The predicted molar refractivity (Wildman–Crippen MR) is 99.1 cm³/mol. The van der Waals surface area contributed by atoms with Crippen LogP contribution < -0.4 is 5.32 Å². The lowest BCUT2D eigenvalue weighted by Crippen LogP contribution is -2.13. The lowest BCUT2D eigenvalue weighted by Gasteiger charge is -2.18. The molecule has 2 aromatic heterocycles. The number of thiazole rings is 1. The summed E-state index contributed by atoms with van der Waals surface area (Å²) < 4.78 is 2.84. The number of rotatable bonds is 3. The van der Waals surface area contributed by atoms with Crippen molar-refractivity contribution in [2.45, 2.75) is 46.5 Å². The standard InChI is InChI=1S/C18H22N4OS/c1-6-16(23)20-15-9-11(2)21-22(15)17-19-13-8-7-12(18(3,4)5)10-14(13)24-17/h7-10H,6H2,1-5H3,(H,20,23). The Morgan fingerprint density at radius 3 is 2.71 bits per heavy atom. The number of hydrogen-bond donors (Lipinski definition) is 1. The summed E-state index contributed by atoms with van der Waals surface area (Å²) in [6.45, 7) is 10.3. The maximum Gasteiger partial charge on any atom is 0.225 e. The number of nitrogens with one attached hydrogen (secondary N) is 1. The Balaban J connectivity index is 2.05. The van der Waals surface area contributed by atoms with Gasteiger partial charge in [0.05, 0.1) is 15.9 Å². The number of carbonyl (C=O) groups is 1.